The molecular weight excluding hydrogens is 253 g/mol. The lowest BCUT2D eigenvalue weighted by Gasteiger charge is -2.35. The lowest BCUT2D eigenvalue weighted by Crippen LogP contribution is -2.44. The van der Waals surface area contributed by atoms with Crippen LogP contribution in [0.4, 0.5) is 4.39 Å². The standard InChI is InChI=1S/C17H26FNO/c1-12-9-19(10-13(2)20-12)11-14-6-7-15(16(18)8-14)17(3,4)5/h6-8,12-13H,9-11H2,1-5H3. The Balaban J connectivity index is 2.09. The van der Waals surface area contributed by atoms with Crippen molar-refractivity contribution in [1.29, 1.82) is 0 Å². The predicted molar refractivity (Wildman–Crippen MR) is 80.4 cm³/mol. The van der Waals surface area contributed by atoms with Gasteiger partial charge in [-0.15, -0.1) is 0 Å². The van der Waals surface area contributed by atoms with E-state index in [1.165, 1.54) is 0 Å². The summed E-state index contributed by atoms with van der Waals surface area (Å²) < 4.78 is 19.9. The normalized spacial score (nSPS) is 24.9. The van der Waals surface area contributed by atoms with Gasteiger partial charge in [-0.25, -0.2) is 4.39 Å². The van der Waals surface area contributed by atoms with Gasteiger partial charge in [0.25, 0.3) is 0 Å². The average molecular weight is 279 g/mol. The third-order valence-electron chi connectivity index (χ3n) is 3.74. The fourth-order valence-electron chi connectivity index (χ4n) is 2.94. The number of hydrogen-bond donors (Lipinski definition) is 0. The number of morpholine rings is 1. The van der Waals surface area contributed by atoms with Crippen molar-refractivity contribution >= 4 is 0 Å². The molecule has 1 heterocycles. The van der Waals surface area contributed by atoms with E-state index in [2.05, 4.69) is 24.8 Å². The highest BCUT2D eigenvalue weighted by atomic mass is 19.1. The van der Waals surface area contributed by atoms with Crippen LogP contribution in [0.25, 0.3) is 0 Å². The van der Waals surface area contributed by atoms with Gasteiger partial charge in [0, 0.05) is 19.6 Å². The van der Waals surface area contributed by atoms with Gasteiger partial charge in [0.1, 0.15) is 5.82 Å². The highest BCUT2D eigenvalue weighted by Crippen LogP contribution is 2.26. The van der Waals surface area contributed by atoms with E-state index in [-0.39, 0.29) is 23.4 Å². The average Bonchev–Trinajstić information content (AvgIpc) is 2.25. The summed E-state index contributed by atoms with van der Waals surface area (Å²) in [6, 6.07) is 5.66. The van der Waals surface area contributed by atoms with Crippen LogP contribution in [-0.2, 0) is 16.7 Å². The largest absolute Gasteiger partial charge is 0.373 e. The predicted octanol–water partition coefficient (Wildman–Crippen LogP) is 3.73. The van der Waals surface area contributed by atoms with E-state index >= 15 is 0 Å². The molecule has 2 atom stereocenters. The van der Waals surface area contributed by atoms with Crippen LogP contribution < -0.4 is 0 Å². The van der Waals surface area contributed by atoms with Gasteiger partial charge in [-0.2, -0.15) is 0 Å². The minimum absolute atomic E-state index is 0.0932. The van der Waals surface area contributed by atoms with Gasteiger partial charge in [-0.05, 0) is 36.5 Å². The molecule has 0 aromatic heterocycles. The number of rotatable bonds is 2. The molecule has 0 N–H and O–H groups in total. The molecule has 2 nitrogen and oxygen atoms in total. The molecule has 3 heteroatoms. The summed E-state index contributed by atoms with van der Waals surface area (Å²) in [7, 11) is 0. The van der Waals surface area contributed by atoms with Crippen molar-refractivity contribution in [3.8, 4) is 0 Å². The third-order valence-corrected chi connectivity index (χ3v) is 3.74. The Kier molecular flexibility index (Phi) is 4.50. The van der Waals surface area contributed by atoms with Gasteiger partial charge in [-0.1, -0.05) is 32.9 Å². The zero-order valence-electron chi connectivity index (χ0n) is 13.2. The molecular formula is C17H26FNO. The van der Waals surface area contributed by atoms with Crippen LogP contribution in [0.15, 0.2) is 18.2 Å². The van der Waals surface area contributed by atoms with Crippen molar-refractivity contribution in [3.63, 3.8) is 0 Å². The van der Waals surface area contributed by atoms with E-state index in [0.29, 0.717) is 0 Å². The minimum Gasteiger partial charge on any atom is -0.373 e. The zero-order valence-corrected chi connectivity index (χ0v) is 13.2. The minimum atomic E-state index is -0.148. The topological polar surface area (TPSA) is 12.5 Å². The monoisotopic (exact) mass is 279 g/mol. The van der Waals surface area contributed by atoms with Gasteiger partial charge >= 0.3 is 0 Å². The van der Waals surface area contributed by atoms with E-state index in [9.17, 15) is 4.39 Å². The number of nitrogens with zero attached hydrogens (tertiary/aromatic N) is 1. The fourth-order valence-corrected chi connectivity index (χ4v) is 2.94. The number of halogens is 1. The number of ether oxygens (including phenoxy) is 1. The van der Waals surface area contributed by atoms with Crippen molar-refractivity contribution in [2.75, 3.05) is 13.1 Å². The summed E-state index contributed by atoms with van der Waals surface area (Å²) in [6.07, 6.45) is 0.495. The molecule has 2 rings (SSSR count). The molecule has 2 unspecified atom stereocenters. The second kappa shape index (κ2) is 5.82. The first-order valence-electron chi connectivity index (χ1n) is 7.42. The highest BCUT2D eigenvalue weighted by Gasteiger charge is 2.23. The Hall–Kier alpha value is -0.930. The smallest absolute Gasteiger partial charge is 0.127 e. The first kappa shape index (κ1) is 15.5. The molecule has 0 saturated carbocycles. The SMILES string of the molecule is CC1CN(Cc2ccc(C(C)(C)C)c(F)c2)CC(C)O1. The van der Waals surface area contributed by atoms with Crippen molar-refractivity contribution < 1.29 is 9.13 Å². The first-order valence-corrected chi connectivity index (χ1v) is 7.42. The Labute approximate surface area is 121 Å². The van der Waals surface area contributed by atoms with Crippen LogP contribution in [0.3, 0.4) is 0 Å². The molecule has 1 saturated heterocycles. The summed E-state index contributed by atoms with van der Waals surface area (Å²) in [5, 5.41) is 0. The van der Waals surface area contributed by atoms with Gasteiger partial charge in [-0.3, -0.25) is 4.90 Å². The summed E-state index contributed by atoms with van der Waals surface area (Å²) >= 11 is 0. The molecule has 112 valence electrons. The van der Waals surface area contributed by atoms with Crippen LogP contribution in [0.5, 0.6) is 0 Å². The maximum absolute atomic E-state index is 14.2. The number of benzene rings is 1. The Morgan fingerprint density at radius 3 is 2.30 bits per heavy atom. The molecule has 0 bridgehead atoms. The summed E-state index contributed by atoms with van der Waals surface area (Å²) in [5.41, 5.74) is 1.67. The van der Waals surface area contributed by atoms with Crippen molar-refractivity contribution in [3.05, 3.63) is 35.1 Å². The lowest BCUT2D eigenvalue weighted by molar-refractivity contribution is -0.0705. The molecule has 0 radical (unpaired) electrons. The molecule has 0 amide bonds. The first-order chi connectivity index (χ1) is 9.25. The van der Waals surface area contributed by atoms with Gasteiger partial charge in [0.15, 0.2) is 0 Å². The molecule has 1 aromatic rings. The second-order valence-electron chi connectivity index (χ2n) is 7.02. The van der Waals surface area contributed by atoms with Crippen LogP contribution in [0.1, 0.15) is 45.7 Å². The van der Waals surface area contributed by atoms with Crippen molar-refractivity contribution in [2.45, 2.75) is 58.8 Å². The van der Waals surface area contributed by atoms with E-state index in [1.807, 2.05) is 26.8 Å². The second-order valence-corrected chi connectivity index (χ2v) is 7.02. The molecule has 1 aliphatic heterocycles. The van der Waals surface area contributed by atoms with Crippen LogP contribution in [0.2, 0.25) is 0 Å². The lowest BCUT2D eigenvalue weighted by atomic mass is 9.86. The molecule has 20 heavy (non-hydrogen) atoms. The maximum Gasteiger partial charge on any atom is 0.127 e. The van der Waals surface area contributed by atoms with E-state index in [0.717, 1.165) is 30.8 Å². The van der Waals surface area contributed by atoms with Gasteiger partial charge < -0.3 is 4.74 Å². The van der Waals surface area contributed by atoms with E-state index in [1.54, 1.807) is 6.07 Å². The molecule has 1 fully saturated rings. The van der Waals surface area contributed by atoms with Crippen LogP contribution >= 0.6 is 0 Å². The Morgan fingerprint density at radius 1 is 1.20 bits per heavy atom. The van der Waals surface area contributed by atoms with Crippen molar-refractivity contribution in [2.24, 2.45) is 0 Å². The molecule has 1 aromatic carbocycles. The zero-order chi connectivity index (χ0) is 14.9. The van der Waals surface area contributed by atoms with Crippen molar-refractivity contribution in [1.82, 2.24) is 4.90 Å². The Bertz CT molecular complexity index is 457. The maximum atomic E-state index is 14.2. The van der Waals surface area contributed by atoms with Gasteiger partial charge in [0.2, 0.25) is 0 Å². The van der Waals surface area contributed by atoms with Crippen LogP contribution in [-0.4, -0.2) is 30.2 Å². The highest BCUT2D eigenvalue weighted by molar-refractivity contribution is 5.29. The quantitative estimate of drug-likeness (QED) is 0.818. The van der Waals surface area contributed by atoms with E-state index < -0.39 is 0 Å². The Morgan fingerprint density at radius 2 is 1.80 bits per heavy atom. The summed E-state index contributed by atoms with van der Waals surface area (Å²) in [6.45, 7) is 12.9. The van der Waals surface area contributed by atoms with E-state index in [4.69, 9.17) is 4.74 Å². The fraction of sp³-hybridized carbons (Fsp3) is 0.647. The third kappa shape index (κ3) is 3.80. The van der Waals surface area contributed by atoms with Crippen LogP contribution in [0, 0.1) is 5.82 Å². The van der Waals surface area contributed by atoms with Gasteiger partial charge in [0.05, 0.1) is 12.2 Å². The summed E-state index contributed by atoms with van der Waals surface area (Å²) in [5.74, 6) is -0.0932. The molecule has 0 aliphatic carbocycles. The number of hydrogen-bond acceptors (Lipinski definition) is 2. The molecule has 1 aliphatic rings. The summed E-state index contributed by atoms with van der Waals surface area (Å²) in [4.78, 5) is 2.34. The molecule has 0 spiro atoms.